The molecule has 2 aromatic rings. The van der Waals surface area contributed by atoms with Gasteiger partial charge in [0.2, 0.25) is 0 Å². The van der Waals surface area contributed by atoms with Crippen molar-refractivity contribution in [3.63, 3.8) is 0 Å². The summed E-state index contributed by atoms with van der Waals surface area (Å²) in [6.07, 6.45) is 6.37. The molecule has 128 valence electrons. The van der Waals surface area contributed by atoms with Crippen molar-refractivity contribution >= 4 is 18.0 Å². The molecule has 5 heteroatoms. The van der Waals surface area contributed by atoms with E-state index in [9.17, 15) is 4.79 Å². The summed E-state index contributed by atoms with van der Waals surface area (Å²) >= 11 is 0. The van der Waals surface area contributed by atoms with E-state index >= 15 is 0 Å². The van der Waals surface area contributed by atoms with E-state index in [-0.39, 0.29) is 6.54 Å². The minimum absolute atomic E-state index is 0.0989. The third-order valence-electron chi connectivity index (χ3n) is 3.45. The molecule has 1 amide bonds. The summed E-state index contributed by atoms with van der Waals surface area (Å²) in [7, 11) is 1.31. The number of hydrogen-bond donors (Lipinski definition) is 0. The molecule has 2 aromatic carbocycles. The van der Waals surface area contributed by atoms with Crippen LogP contribution in [-0.4, -0.2) is 26.0 Å². The van der Waals surface area contributed by atoms with Crippen LogP contribution in [0.5, 0.6) is 0 Å². The van der Waals surface area contributed by atoms with E-state index < -0.39 is 6.09 Å². The number of anilines is 1. The van der Waals surface area contributed by atoms with Crippen molar-refractivity contribution in [3.05, 3.63) is 65.2 Å². The fourth-order valence-electron chi connectivity index (χ4n) is 2.30. The number of rotatable bonds is 6. The molecule has 0 aliphatic heterocycles. The first kappa shape index (κ1) is 18.1. The van der Waals surface area contributed by atoms with E-state index in [1.165, 1.54) is 17.6 Å². The number of ether oxygens (including phenoxy) is 1. The van der Waals surface area contributed by atoms with E-state index in [0.717, 1.165) is 5.56 Å². The molecule has 0 unspecified atom stereocenters. The van der Waals surface area contributed by atoms with Crippen LogP contribution in [0.4, 0.5) is 10.5 Å². The van der Waals surface area contributed by atoms with E-state index in [0.29, 0.717) is 17.9 Å². The van der Waals surface area contributed by atoms with Crippen molar-refractivity contribution in [2.24, 2.45) is 5.16 Å². The summed E-state index contributed by atoms with van der Waals surface area (Å²) in [6.45, 7) is 2.49. The Labute approximate surface area is 147 Å². The van der Waals surface area contributed by atoms with Crippen molar-refractivity contribution in [3.8, 4) is 12.3 Å². The number of methoxy groups -OCH3 is 1. The van der Waals surface area contributed by atoms with Gasteiger partial charge >= 0.3 is 6.09 Å². The number of oxime groups is 1. The van der Waals surface area contributed by atoms with Crippen LogP contribution in [0.25, 0.3) is 0 Å². The maximum atomic E-state index is 11.9. The molecule has 5 nitrogen and oxygen atoms in total. The predicted molar refractivity (Wildman–Crippen MR) is 98.6 cm³/mol. The van der Waals surface area contributed by atoms with Gasteiger partial charge in [0.25, 0.3) is 0 Å². The van der Waals surface area contributed by atoms with Gasteiger partial charge in [-0.3, -0.25) is 4.90 Å². The molecule has 0 saturated carbocycles. The fourth-order valence-corrected chi connectivity index (χ4v) is 2.30. The highest BCUT2D eigenvalue weighted by Crippen LogP contribution is 2.19. The minimum Gasteiger partial charge on any atom is -0.452 e. The first-order chi connectivity index (χ1) is 12.2. The van der Waals surface area contributed by atoms with Gasteiger partial charge in [-0.15, -0.1) is 6.42 Å². The zero-order valence-corrected chi connectivity index (χ0v) is 14.3. The first-order valence-electron chi connectivity index (χ1n) is 7.74. The highest BCUT2D eigenvalue weighted by atomic mass is 16.6. The lowest BCUT2D eigenvalue weighted by molar-refractivity contribution is 0.132. The molecule has 0 bridgehead atoms. The maximum absolute atomic E-state index is 11.9. The Hall–Kier alpha value is -3.26. The number of carbonyl (C=O) groups is 1. The molecule has 0 spiro atoms. The molecule has 0 aliphatic rings. The van der Waals surface area contributed by atoms with Crippen molar-refractivity contribution in [1.82, 2.24) is 0 Å². The van der Waals surface area contributed by atoms with E-state index in [1.54, 1.807) is 12.3 Å². The lowest BCUT2D eigenvalue weighted by Gasteiger charge is -2.20. The molecule has 25 heavy (non-hydrogen) atoms. The Morgan fingerprint density at radius 3 is 2.80 bits per heavy atom. The molecule has 0 heterocycles. The number of carbonyl (C=O) groups excluding carboxylic acids is 1. The third-order valence-corrected chi connectivity index (χ3v) is 3.45. The minimum atomic E-state index is -0.528. The molecule has 0 radical (unpaired) electrons. The van der Waals surface area contributed by atoms with Gasteiger partial charge in [-0.1, -0.05) is 59.1 Å². The van der Waals surface area contributed by atoms with Crippen LogP contribution in [0, 0.1) is 19.3 Å². The molecule has 0 aromatic heterocycles. The quantitative estimate of drug-likeness (QED) is 0.458. The van der Waals surface area contributed by atoms with Crippen molar-refractivity contribution in [2.75, 3.05) is 18.6 Å². The number of terminal acetylenes is 1. The van der Waals surface area contributed by atoms with Crippen LogP contribution in [0.2, 0.25) is 0 Å². The second kappa shape index (κ2) is 9.14. The molecule has 0 fully saturated rings. The Bertz CT molecular complexity index is 794. The van der Waals surface area contributed by atoms with E-state index in [2.05, 4.69) is 11.1 Å². The van der Waals surface area contributed by atoms with Gasteiger partial charge in [0.15, 0.2) is 0 Å². The second-order valence-corrected chi connectivity index (χ2v) is 5.32. The van der Waals surface area contributed by atoms with Gasteiger partial charge in [-0.25, -0.2) is 4.79 Å². The standard InChI is InChI=1S/C20H20N2O3/c1-4-12-22(20(23)24-3)19-11-6-5-10-18(19)14-21-25-15-17-9-7-8-16(2)13-17/h1,5-11,13-14H,12,15H2,2-3H3. The van der Waals surface area contributed by atoms with Crippen LogP contribution < -0.4 is 4.90 Å². The topological polar surface area (TPSA) is 51.1 Å². The summed E-state index contributed by atoms with van der Waals surface area (Å²) < 4.78 is 4.78. The second-order valence-electron chi connectivity index (χ2n) is 5.32. The Morgan fingerprint density at radius 2 is 2.08 bits per heavy atom. The number of hydrogen-bond acceptors (Lipinski definition) is 4. The van der Waals surface area contributed by atoms with Crippen LogP contribution in [0.3, 0.4) is 0 Å². The number of nitrogens with zero attached hydrogens (tertiary/aromatic N) is 2. The zero-order chi connectivity index (χ0) is 18.1. The van der Waals surface area contributed by atoms with Gasteiger partial charge in [-0.05, 0) is 18.6 Å². The Kier molecular flexibility index (Phi) is 6.61. The first-order valence-corrected chi connectivity index (χ1v) is 7.74. The van der Waals surface area contributed by atoms with Crippen molar-refractivity contribution < 1.29 is 14.4 Å². The summed E-state index contributed by atoms with van der Waals surface area (Å²) in [6, 6.07) is 15.3. The Morgan fingerprint density at radius 1 is 1.28 bits per heavy atom. The maximum Gasteiger partial charge on any atom is 0.414 e. The highest BCUT2D eigenvalue weighted by molar-refractivity contribution is 5.96. The van der Waals surface area contributed by atoms with Gasteiger partial charge in [0.05, 0.1) is 25.6 Å². The number of benzene rings is 2. The normalized spacial score (nSPS) is 10.3. The Balaban J connectivity index is 2.11. The van der Waals surface area contributed by atoms with E-state index in [4.69, 9.17) is 16.0 Å². The van der Waals surface area contributed by atoms with E-state index in [1.807, 2.05) is 49.4 Å². The lowest BCUT2D eigenvalue weighted by atomic mass is 10.1. The fraction of sp³-hybridized carbons (Fsp3) is 0.200. The van der Waals surface area contributed by atoms with Gasteiger partial charge < -0.3 is 9.57 Å². The van der Waals surface area contributed by atoms with Crippen LogP contribution in [0.1, 0.15) is 16.7 Å². The van der Waals surface area contributed by atoms with Crippen molar-refractivity contribution in [2.45, 2.75) is 13.5 Å². The van der Waals surface area contributed by atoms with Crippen LogP contribution >= 0.6 is 0 Å². The van der Waals surface area contributed by atoms with Gasteiger partial charge in [0, 0.05) is 5.56 Å². The van der Waals surface area contributed by atoms with Crippen LogP contribution in [-0.2, 0) is 16.2 Å². The SMILES string of the molecule is C#CCN(C(=O)OC)c1ccccc1C=NOCc1cccc(C)c1. The number of amides is 1. The molecule has 0 atom stereocenters. The molecular weight excluding hydrogens is 316 g/mol. The lowest BCUT2D eigenvalue weighted by Crippen LogP contribution is -2.31. The summed E-state index contributed by atoms with van der Waals surface area (Å²) in [5.41, 5.74) is 3.51. The molecule has 0 saturated heterocycles. The molecule has 0 N–H and O–H groups in total. The molecule has 2 rings (SSSR count). The number of aryl methyl sites for hydroxylation is 1. The summed E-state index contributed by atoms with van der Waals surface area (Å²) in [5, 5.41) is 4.00. The molecule has 0 aliphatic carbocycles. The monoisotopic (exact) mass is 336 g/mol. The third kappa shape index (κ3) is 5.11. The number of para-hydroxylation sites is 1. The largest absolute Gasteiger partial charge is 0.452 e. The average molecular weight is 336 g/mol. The zero-order valence-electron chi connectivity index (χ0n) is 14.3. The van der Waals surface area contributed by atoms with Gasteiger partial charge in [0.1, 0.15) is 6.61 Å². The average Bonchev–Trinajstić information content (AvgIpc) is 2.63. The summed E-state index contributed by atoms with van der Waals surface area (Å²) in [4.78, 5) is 18.7. The van der Waals surface area contributed by atoms with Gasteiger partial charge in [-0.2, -0.15) is 0 Å². The highest BCUT2D eigenvalue weighted by Gasteiger charge is 2.17. The predicted octanol–water partition coefficient (Wildman–Crippen LogP) is 3.75. The molecular formula is C20H20N2O3. The smallest absolute Gasteiger partial charge is 0.414 e. The summed E-state index contributed by atoms with van der Waals surface area (Å²) in [5.74, 6) is 2.45. The van der Waals surface area contributed by atoms with Crippen molar-refractivity contribution in [1.29, 1.82) is 0 Å². The van der Waals surface area contributed by atoms with Crippen LogP contribution in [0.15, 0.2) is 53.7 Å².